The fraction of sp³-hybridized carbons (Fsp3) is 0.207. The molecule has 1 fully saturated rings. The Hall–Kier alpha value is -3.68. The molecule has 2 N–H and O–H groups in total. The summed E-state index contributed by atoms with van der Waals surface area (Å²) in [6, 6.07) is 19.3. The minimum Gasteiger partial charge on any atom is -0.355 e. The Labute approximate surface area is 211 Å². The number of carbonyl (C=O) groups excluding carboxylic acids is 1. The topological polar surface area (TPSA) is 82.3 Å². The molecule has 7 heteroatoms. The summed E-state index contributed by atoms with van der Waals surface area (Å²) in [5.74, 6) is -0.253. The van der Waals surface area contributed by atoms with E-state index >= 15 is 0 Å². The van der Waals surface area contributed by atoms with Gasteiger partial charge in [-0.15, -0.1) is 0 Å². The van der Waals surface area contributed by atoms with Gasteiger partial charge < -0.3 is 10.3 Å². The third-order valence-corrected chi connectivity index (χ3v) is 8.83. The molecule has 184 valence electrons. The Kier molecular flexibility index (Phi) is 6.28. The average Bonchev–Trinajstić information content (AvgIpc) is 3.56. The zero-order valence-corrected chi connectivity index (χ0v) is 21.3. The molecule has 4 aromatic rings. The first-order valence-corrected chi connectivity index (χ1v) is 13.5. The highest BCUT2D eigenvalue weighted by Crippen LogP contribution is 2.37. The van der Waals surface area contributed by atoms with Gasteiger partial charge in [-0.05, 0) is 85.4 Å². The van der Waals surface area contributed by atoms with Crippen molar-refractivity contribution in [2.45, 2.75) is 31.6 Å². The van der Waals surface area contributed by atoms with Crippen LogP contribution < -0.4 is 5.32 Å². The number of fused-ring (bicyclic) bond motifs is 1. The van der Waals surface area contributed by atoms with Crippen molar-refractivity contribution in [3.05, 3.63) is 84.4 Å². The Bertz CT molecular complexity index is 1600. The van der Waals surface area contributed by atoms with Crippen LogP contribution in [0.15, 0.2) is 78.2 Å². The molecule has 0 saturated carbocycles. The van der Waals surface area contributed by atoms with Gasteiger partial charge >= 0.3 is 0 Å². The molecule has 1 aliphatic heterocycles. The molecule has 1 aromatic heterocycles. The first-order valence-electron chi connectivity index (χ1n) is 12.1. The molecule has 1 saturated heterocycles. The van der Waals surface area contributed by atoms with Crippen LogP contribution in [0, 0.1) is 13.8 Å². The summed E-state index contributed by atoms with van der Waals surface area (Å²) in [6.45, 7) is 8.66. The summed E-state index contributed by atoms with van der Waals surface area (Å²) in [5, 5.41) is 3.90. The molecule has 2 heterocycles. The molecule has 0 bridgehead atoms. The summed E-state index contributed by atoms with van der Waals surface area (Å²) in [6.07, 6.45) is 3.06. The van der Waals surface area contributed by atoms with Crippen molar-refractivity contribution in [2.75, 3.05) is 18.4 Å². The number of carbonyl (C=O) groups is 1. The number of sulfonamides is 1. The van der Waals surface area contributed by atoms with Gasteiger partial charge in [0.2, 0.25) is 15.9 Å². The molecule has 5 rings (SSSR count). The van der Waals surface area contributed by atoms with Crippen molar-refractivity contribution in [1.29, 1.82) is 0 Å². The lowest BCUT2D eigenvalue weighted by Gasteiger charge is -2.16. The second kappa shape index (κ2) is 9.41. The van der Waals surface area contributed by atoms with E-state index in [1.807, 2.05) is 50.2 Å². The van der Waals surface area contributed by atoms with E-state index in [0.717, 1.165) is 62.9 Å². The first kappa shape index (κ1) is 24.0. The fourth-order valence-corrected chi connectivity index (χ4v) is 6.45. The van der Waals surface area contributed by atoms with E-state index in [2.05, 4.69) is 29.0 Å². The number of hydrogen-bond donors (Lipinski definition) is 2. The minimum absolute atomic E-state index is 0.253. The third-order valence-electron chi connectivity index (χ3n) is 6.93. The lowest BCUT2D eigenvalue weighted by atomic mass is 9.96. The number of nitrogens with one attached hydrogen (secondary N) is 2. The van der Waals surface area contributed by atoms with Crippen molar-refractivity contribution in [1.82, 2.24) is 9.29 Å². The molecule has 0 spiro atoms. The van der Waals surface area contributed by atoms with E-state index in [4.69, 9.17) is 0 Å². The summed E-state index contributed by atoms with van der Waals surface area (Å²) in [4.78, 5) is 15.7. The van der Waals surface area contributed by atoms with Crippen molar-refractivity contribution >= 4 is 32.5 Å². The zero-order chi connectivity index (χ0) is 25.4. The molecule has 1 amide bonds. The van der Waals surface area contributed by atoms with Gasteiger partial charge in [-0.2, -0.15) is 4.31 Å². The molecule has 0 atom stereocenters. The summed E-state index contributed by atoms with van der Waals surface area (Å²) < 4.78 is 28.0. The van der Waals surface area contributed by atoms with Crippen LogP contribution in [0.3, 0.4) is 0 Å². The van der Waals surface area contributed by atoms with Gasteiger partial charge in [-0.3, -0.25) is 4.79 Å². The van der Waals surface area contributed by atoms with Crippen LogP contribution in [0.1, 0.15) is 24.0 Å². The SMILES string of the molecule is C=CC(=O)Nc1cccc(-c2cccc3[nH]c(-c4cc(S(=O)(=O)N5CCCC5)ccc4C)cc23)c1C. The molecule has 0 radical (unpaired) electrons. The lowest BCUT2D eigenvalue weighted by molar-refractivity contribution is -0.111. The summed E-state index contributed by atoms with van der Waals surface area (Å²) >= 11 is 0. The van der Waals surface area contributed by atoms with Crippen LogP contribution in [0.4, 0.5) is 5.69 Å². The minimum atomic E-state index is -3.51. The van der Waals surface area contributed by atoms with E-state index in [1.54, 1.807) is 16.4 Å². The predicted molar refractivity (Wildman–Crippen MR) is 145 cm³/mol. The normalized spacial score (nSPS) is 14.3. The number of amides is 1. The number of aryl methyl sites for hydroxylation is 1. The van der Waals surface area contributed by atoms with Gasteiger partial charge in [-0.1, -0.05) is 36.9 Å². The van der Waals surface area contributed by atoms with Crippen molar-refractivity contribution in [3.63, 3.8) is 0 Å². The van der Waals surface area contributed by atoms with Crippen LogP contribution in [0.2, 0.25) is 0 Å². The highest BCUT2D eigenvalue weighted by Gasteiger charge is 2.27. The number of benzene rings is 3. The third kappa shape index (κ3) is 4.25. The standard InChI is InChI=1S/C29H29N3O3S/c1-4-29(33)31-26-11-7-9-22(20(26)3)23-10-8-12-27-25(23)18-28(30-27)24-17-21(14-13-19(24)2)36(34,35)32-15-5-6-16-32/h4,7-14,17-18,30H,1,5-6,15-16H2,2-3H3,(H,31,33). The van der Waals surface area contributed by atoms with Crippen LogP contribution in [-0.2, 0) is 14.8 Å². The molecular weight excluding hydrogens is 470 g/mol. The molecule has 0 aliphatic carbocycles. The molecule has 6 nitrogen and oxygen atoms in total. The number of aromatic amines is 1. The number of H-pyrrole nitrogens is 1. The molecular formula is C29H29N3O3S. The van der Waals surface area contributed by atoms with Gasteiger partial charge in [0.25, 0.3) is 0 Å². The van der Waals surface area contributed by atoms with Crippen LogP contribution in [0.5, 0.6) is 0 Å². The number of rotatable bonds is 6. The summed E-state index contributed by atoms with van der Waals surface area (Å²) in [7, 11) is -3.51. The van der Waals surface area contributed by atoms with Crippen molar-refractivity contribution in [2.24, 2.45) is 0 Å². The van der Waals surface area contributed by atoms with Crippen molar-refractivity contribution in [3.8, 4) is 22.4 Å². The average molecular weight is 500 g/mol. The van der Waals surface area contributed by atoms with Gasteiger partial charge in [0.05, 0.1) is 4.90 Å². The van der Waals surface area contributed by atoms with Crippen LogP contribution in [-0.4, -0.2) is 36.7 Å². The zero-order valence-electron chi connectivity index (χ0n) is 20.5. The maximum Gasteiger partial charge on any atom is 0.247 e. The van der Waals surface area contributed by atoms with E-state index in [-0.39, 0.29) is 5.91 Å². The molecule has 36 heavy (non-hydrogen) atoms. The quantitative estimate of drug-likeness (QED) is 0.318. The first-order chi connectivity index (χ1) is 17.3. The highest BCUT2D eigenvalue weighted by molar-refractivity contribution is 7.89. The Morgan fingerprint density at radius 3 is 2.44 bits per heavy atom. The van der Waals surface area contributed by atoms with E-state index in [0.29, 0.717) is 18.0 Å². The second-order valence-corrected chi connectivity index (χ2v) is 11.1. The number of hydrogen-bond acceptors (Lipinski definition) is 3. The van der Waals surface area contributed by atoms with Gasteiger partial charge in [0.1, 0.15) is 0 Å². The highest BCUT2D eigenvalue weighted by atomic mass is 32.2. The Morgan fingerprint density at radius 1 is 0.972 bits per heavy atom. The number of aromatic nitrogens is 1. The maximum atomic E-state index is 13.2. The molecule has 3 aromatic carbocycles. The predicted octanol–water partition coefficient (Wildman–Crippen LogP) is 6.03. The molecule has 0 unspecified atom stereocenters. The van der Waals surface area contributed by atoms with Gasteiger partial charge in [0.15, 0.2) is 0 Å². The Morgan fingerprint density at radius 2 is 1.69 bits per heavy atom. The van der Waals surface area contributed by atoms with Crippen LogP contribution >= 0.6 is 0 Å². The Balaban J connectivity index is 1.60. The van der Waals surface area contributed by atoms with Gasteiger partial charge in [-0.25, -0.2) is 8.42 Å². The van der Waals surface area contributed by atoms with Crippen LogP contribution in [0.25, 0.3) is 33.3 Å². The maximum absolute atomic E-state index is 13.2. The smallest absolute Gasteiger partial charge is 0.247 e. The monoisotopic (exact) mass is 499 g/mol. The summed E-state index contributed by atoms with van der Waals surface area (Å²) in [5.41, 5.74) is 7.40. The van der Waals surface area contributed by atoms with E-state index < -0.39 is 10.0 Å². The fourth-order valence-electron chi connectivity index (χ4n) is 4.91. The second-order valence-electron chi connectivity index (χ2n) is 9.21. The lowest BCUT2D eigenvalue weighted by Crippen LogP contribution is -2.27. The molecule has 1 aliphatic rings. The van der Waals surface area contributed by atoms with Gasteiger partial charge in [0, 0.05) is 40.9 Å². The largest absolute Gasteiger partial charge is 0.355 e. The van der Waals surface area contributed by atoms with Crippen molar-refractivity contribution < 1.29 is 13.2 Å². The number of anilines is 1. The van der Waals surface area contributed by atoms with E-state index in [1.165, 1.54) is 6.08 Å². The number of nitrogens with zero attached hydrogens (tertiary/aromatic N) is 1. The van der Waals surface area contributed by atoms with E-state index in [9.17, 15) is 13.2 Å².